The second-order valence-corrected chi connectivity index (χ2v) is 10.3. The lowest BCUT2D eigenvalue weighted by molar-refractivity contribution is 0.391. The van der Waals surface area contributed by atoms with E-state index in [4.69, 9.17) is 0 Å². The lowest BCUT2D eigenvalue weighted by Gasteiger charge is -2.25. The molecule has 2 heterocycles. The molecule has 0 amide bonds. The zero-order valence-electron chi connectivity index (χ0n) is 17.4. The molecule has 0 aromatic carbocycles. The van der Waals surface area contributed by atoms with E-state index < -0.39 is 10.8 Å². The van der Waals surface area contributed by atoms with Crippen molar-refractivity contribution in [2.24, 2.45) is 4.99 Å². The maximum atomic E-state index is 12.2. The number of nitrogens with zero attached hydrogens (tertiary/aromatic N) is 4. The van der Waals surface area contributed by atoms with Crippen LogP contribution >= 0.6 is 24.0 Å². The van der Waals surface area contributed by atoms with Crippen molar-refractivity contribution in [1.29, 1.82) is 0 Å². The van der Waals surface area contributed by atoms with E-state index in [1.807, 2.05) is 25.5 Å². The van der Waals surface area contributed by atoms with E-state index in [2.05, 4.69) is 46.5 Å². The lowest BCUT2D eigenvalue weighted by Crippen LogP contribution is -2.47. The van der Waals surface area contributed by atoms with Crippen LogP contribution in [0, 0.1) is 0 Å². The summed E-state index contributed by atoms with van der Waals surface area (Å²) in [5, 5.41) is 11.4. The van der Waals surface area contributed by atoms with Crippen LogP contribution < -0.4 is 10.6 Å². The van der Waals surface area contributed by atoms with Crippen LogP contribution in [0.25, 0.3) is 0 Å². The minimum Gasteiger partial charge on any atom is -0.357 e. The van der Waals surface area contributed by atoms with Crippen molar-refractivity contribution in [2.75, 3.05) is 18.8 Å². The average Bonchev–Trinajstić information content (AvgIpc) is 2.97. The fourth-order valence-corrected chi connectivity index (χ4v) is 3.62. The number of aromatic nitrogens is 3. The van der Waals surface area contributed by atoms with Gasteiger partial charge < -0.3 is 10.6 Å². The van der Waals surface area contributed by atoms with Gasteiger partial charge in [-0.25, -0.2) is 9.67 Å². The third-order valence-electron chi connectivity index (χ3n) is 4.31. The molecule has 156 valence electrons. The van der Waals surface area contributed by atoms with Gasteiger partial charge in [-0.05, 0) is 34.1 Å². The summed E-state index contributed by atoms with van der Waals surface area (Å²) >= 11 is 0. The monoisotopic (exact) mass is 510 g/mol. The second-order valence-electron chi connectivity index (χ2n) is 8.03. The van der Waals surface area contributed by atoms with Crippen LogP contribution in [0.5, 0.6) is 0 Å². The van der Waals surface area contributed by atoms with E-state index in [1.54, 1.807) is 0 Å². The zero-order chi connectivity index (χ0) is 19.3. The van der Waals surface area contributed by atoms with Gasteiger partial charge in [0.2, 0.25) is 0 Å². The highest BCUT2D eigenvalue weighted by Crippen LogP contribution is 2.17. The standard InChI is InChI=1S/C18H34N6OS.HI/c1-7-19-17(20-10-11-26(25)18(4,5)6)21-14-8-9-15-22-16(13(2)3)23-24(15)12-14;/h13-14H,7-12H2,1-6H3,(H2,19,20,21);1H. The summed E-state index contributed by atoms with van der Waals surface area (Å²) in [6, 6.07) is 0.273. The van der Waals surface area contributed by atoms with Gasteiger partial charge in [-0.1, -0.05) is 13.8 Å². The minimum absolute atomic E-state index is 0. The molecule has 0 radical (unpaired) electrons. The van der Waals surface area contributed by atoms with Gasteiger partial charge in [-0.2, -0.15) is 5.10 Å². The van der Waals surface area contributed by atoms with Crippen molar-refractivity contribution >= 4 is 40.7 Å². The smallest absolute Gasteiger partial charge is 0.191 e. The third-order valence-corrected chi connectivity index (χ3v) is 6.22. The molecule has 2 atom stereocenters. The molecule has 27 heavy (non-hydrogen) atoms. The molecule has 0 saturated carbocycles. The van der Waals surface area contributed by atoms with Crippen molar-refractivity contribution in [2.45, 2.75) is 77.6 Å². The van der Waals surface area contributed by atoms with Gasteiger partial charge in [-0.3, -0.25) is 9.20 Å². The summed E-state index contributed by atoms with van der Waals surface area (Å²) < 4.78 is 14.0. The maximum absolute atomic E-state index is 12.2. The molecule has 0 aliphatic carbocycles. The number of hydrogen-bond acceptors (Lipinski definition) is 4. The third kappa shape index (κ3) is 7.32. The molecule has 1 aliphatic rings. The van der Waals surface area contributed by atoms with Crippen LogP contribution in [0.15, 0.2) is 4.99 Å². The van der Waals surface area contributed by atoms with Gasteiger partial charge in [-0.15, -0.1) is 24.0 Å². The van der Waals surface area contributed by atoms with Gasteiger partial charge in [0.05, 0.1) is 13.1 Å². The largest absolute Gasteiger partial charge is 0.357 e. The average molecular weight is 510 g/mol. The number of hydrogen-bond donors (Lipinski definition) is 2. The number of nitrogens with one attached hydrogen (secondary N) is 2. The second kappa shape index (κ2) is 10.7. The predicted molar refractivity (Wildman–Crippen MR) is 124 cm³/mol. The minimum atomic E-state index is -0.881. The van der Waals surface area contributed by atoms with Gasteiger partial charge in [0.1, 0.15) is 5.82 Å². The zero-order valence-corrected chi connectivity index (χ0v) is 20.6. The van der Waals surface area contributed by atoms with E-state index in [0.717, 1.165) is 43.5 Å². The molecule has 2 rings (SSSR count). The van der Waals surface area contributed by atoms with Crippen molar-refractivity contribution in [3.05, 3.63) is 11.6 Å². The van der Waals surface area contributed by atoms with Gasteiger partial charge in [0, 0.05) is 46.2 Å². The SMILES string of the molecule is CCNC(=NCCS(=O)C(C)(C)C)NC1CCc2nc(C(C)C)nn2C1.I. The van der Waals surface area contributed by atoms with E-state index in [-0.39, 0.29) is 34.8 Å². The Bertz CT molecular complexity index is 653. The molecule has 7 nitrogen and oxygen atoms in total. The molecule has 0 bridgehead atoms. The van der Waals surface area contributed by atoms with Gasteiger partial charge in [0.15, 0.2) is 11.8 Å². The van der Waals surface area contributed by atoms with Crippen molar-refractivity contribution in [3.63, 3.8) is 0 Å². The van der Waals surface area contributed by atoms with E-state index in [9.17, 15) is 4.21 Å². The number of guanidine groups is 1. The maximum Gasteiger partial charge on any atom is 0.191 e. The van der Waals surface area contributed by atoms with Crippen LogP contribution in [0.2, 0.25) is 0 Å². The first-order valence-electron chi connectivity index (χ1n) is 9.57. The Labute approximate surface area is 183 Å². The van der Waals surface area contributed by atoms with Gasteiger partial charge >= 0.3 is 0 Å². The van der Waals surface area contributed by atoms with Crippen LogP contribution in [0.1, 0.15) is 65.5 Å². The topological polar surface area (TPSA) is 84.2 Å². The highest BCUT2D eigenvalue weighted by atomic mass is 127. The molecular formula is C18H35IN6OS. The summed E-state index contributed by atoms with van der Waals surface area (Å²) in [7, 11) is -0.881. The molecule has 2 N–H and O–H groups in total. The molecule has 1 aromatic rings. The van der Waals surface area contributed by atoms with Crippen molar-refractivity contribution in [1.82, 2.24) is 25.4 Å². The molecule has 0 saturated heterocycles. The molecule has 1 aliphatic heterocycles. The summed E-state index contributed by atoms with van der Waals surface area (Å²) in [5.74, 6) is 3.72. The van der Waals surface area contributed by atoms with Crippen LogP contribution in [0.3, 0.4) is 0 Å². The van der Waals surface area contributed by atoms with Gasteiger partial charge in [0.25, 0.3) is 0 Å². The number of halogens is 1. The Hall–Kier alpha value is -0.710. The Morgan fingerprint density at radius 1 is 1.41 bits per heavy atom. The first-order chi connectivity index (χ1) is 12.2. The van der Waals surface area contributed by atoms with Crippen LogP contribution in [-0.2, 0) is 23.8 Å². The summed E-state index contributed by atoms with van der Waals surface area (Å²) in [6.07, 6.45) is 1.93. The highest BCUT2D eigenvalue weighted by Gasteiger charge is 2.23. The molecular weight excluding hydrogens is 475 g/mol. The number of fused-ring (bicyclic) bond motifs is 1. The summed E-state index contributed by atoms with van der Waals surface area (Å²) in [5.41, 5.74) is 0. The molecule has 2 unspecified atom stereocenters. The lowest BCUT2D eigenvalue weighted by atomic mass is 10.1. The molecule has 0 fully saturated rings. The Morgan fingerprint density at radius 2 is 2.11 bits per heavy atom. The Kier molecular flexibility index (Phi) is 9.67. The number of aliphatic imine (C=N–C) groups is 1. The quantitative estimate of drug-likeness (QED) is 0.349. The van der Waals surface area contributed by atoms with E-state index >= 15 is 0 Å². The summed E-state index contributed by atoms with van der Waals surface area (Å²) in [6.45, 7) is 14.4. The fourth-order valence-electron chi connectivity index (χ4n) is 2.75. The van der Waals surface area contributed by atoms with E-state index in [1.165, 1.54) is 0 Å². The number of aryl methyl sites for hydroxylation is 1. The van der Waals surface area contributed by atoms with Crippen molar-refractivity contribution in [3.8, 4) is 0 Å². The molecule has 1 aromatic heterocycles. The predicted octanol–water partition coefficient (Wildman–Crippen LogP) is 2.44. The fraction of sp³-hybridized carbons (Fsp3) is 0.833. The first kappa shape index (κ1) is 24.3. The number of rotatable bonds is 6. The normalized spacial score (nSPS) is 18.6. The summed E-state index contributed by atoms with van der Waals surface area (Å²) in [4.78, 5) is 9.24. The Morgan fingerprint density at radius 3 is 2.70 bits per heavy atom. The molecule has 9 heteroatoms. The Balaban J connectivity index is 0.00000364. The highest BCUT2D eigenvalue weighted by molar-refractivity contribution is 14.0. The first-order valence-corrected chi connectivity index (χ1v) is 10.9. The van der Waals surface area contributed by atoms with Crippen LogP contribution in [0.4, 0.5) is 0 Å². The van der Waals surface area contributed by atoms with Crippen LogP contribution in [-0.4, -0.2) is 54.6 Å². The molecule has 0 spiro atoms. The van der Waals surface area contributed by atoms with E-state index in [0.29, 0.717) is 18.2 Å². The van der Waals surface area contributed by atoms with Crippen molar-refractivity contribution < 1.29 is 4.21 Å².